The molecule has 1 unspecified atom stereocenters. The average molecular weight is 417 g/mol. The molecule has 1 saturated carbocycles. The number of rotatable bonds is 3. The number of hydrogen-bond acceptors (Lipinski definition) is 3. The highest BCUT2D eigenvalue weighted by Crippen LogP contribution is 2.42. The number of anilines is 1. The Morgan fingerprint density at radius 3 is 2.42 bits per heavy atom. The van der Waals surface area contributed by atoms with Gasteiger partial charge < -0.3 is 15.3 Å². The van der Waals surface area contributed by atoms with Gasteiger partial charge in [0.2, 0.25) is 0 Å². The second-order valence-electron chi connectivity index (χ2n) is 9.25. The maximum atomic E-state index is 13.1. The largest absolute Gasteiger partial charge is 0.509 e. The number of fused-ring (bicyclic) bond motifs is 2. The smallest absolute Gasteiger partial charge is 0.264 e. The molecule has 1 fully saturated rings. The van der Waals surface area contributed by atoms with Crippen LogP contribution in [0.2, 0.25) is 0 Å². The maximum absolute atomic E-state index is 13.1. The van der Waals surface area contributed by atoms with Crippen LogP contribution in [0, 0.1) is 0 Å². The van der Waals surface area contributed by atoms with Crippen LogP contribution < -0.4 is 5.32 Å². The zero-order chi connectivity index (χ0) is 21.6. The number of carbonyl (C=O) groups excluding carboxylic acids is 2. The average Bonchev–Trinajstić information content (AvgIpc) is 2.98. The van der Waals surface area contributed by atoms with Gasteiger partial charge in [-0.3, -0.25) is 9.59 Å². The summed E-state index contributed by atoms with van der Waals surface area (Å²) in [5.41, 5.74) is 3.06. The summed E-state index contributed by atoms with van der Waals surface area (Å²) in [6.45, 7) is 2.22. The van der Waals surface area contributed by atoms with Gasteiger partial charge in [0.15, 0.2) is 0 Å². The number of aliphatic hydroxyl groups is 1. The first-order valence-electron chi connectivity index (χ1n) is 11.2. The molecule has 160 valence electrons. The fourth-order valence-corrected chi connectivity index (χ4v) is 5.38. The van der Waals surface area contributed by atoms with Gasteiger partial charge in [0.05, 0.1) is 0 Å². The highest BCUT2D eigenvalue weighted by molar-refractivity contribution is 6.25. The van der Waals surface area contributed by atoms with E-state index in [4.69, 9.17) is 0 Å². The molecule has 5 nitrogen and oxygen atoms in total. The molecule has 1 aliphatic carbocycles. The Hall–Kier alpha value is -3.08. The van der Waals surface area contributed by atoms with E-state index in [2.05, 4.69) is 17.4 Å². The van der Waals surface area contributed by atoms with Crippen molar-refractivity contribution in [1.29, 1.82) is 0 Å². The molecule has 2 aromatic rings. The molecule has 5 rings (SSSR count). The number of aliphatic hydroxyl groups excluding tert-OH is 1. The molecule has 2 N–H and O–H groups in total. The third kappa shape index (κ3) is 3.32. The Labute approximate surface area is 182 Å². The van der Waals surface area contributed by atoms with Crippen LogP contribution in [-0.4, -0.2) is 27.4 Å². The van der Waals surface area contributed by atoms with Crippen LogP contribution >= 0.6 is 0 Å². The predicted octanol–water partition coefficient (Wildman–Crippen LogP) is 4.84. The summed E-state index contributed by atoms with van der Waals surface area (Å²) in [5, 5.41) is 13.8. The van der Waals surface area contributed by atoms with Gasteiger partial charge in [0.1, 0.15) is 16.9 Å². The van der Waals surface area contributed by atoms with Crippen LogP contribution in [0.25, 0.3) is 0 Å². The number of benzene rings is 2. The summed E-state index contributed by atoms with van der Waals surface area (Å²) in [6, 6.07) is 15.8. The number of nitrogens with zero attached hydrogens (tertiary/aromatic N) is 1. The van der Waals surface area contributed by atoms with Crippen molar-refractivity contribution in [1.82, 2.24) is 4.90 Å². The minimum absolute atomic E-state index is 0.136. The molecule has 2 amide bonds. The van der Waals surface area contributed by atoms with E-state index in [9.17, 15) is 14.7 Å². The molecule has 0 aromatic heterocycles. The van der Waals surface area contributed by atoms with Crippen LogP contribution in [0.1, 0.15) is 61.6 Å². The van der Waals surface area contributed by atoms with E-state index >= 15 is 0 Å². The van der Waals surface area contributed by atoms with Gasteiger partial charge in [-0.1, -0.05) is 55.7 Å². The predicted molar refractivity (Wildman–Crippen MR) is 120 cm³/mol. The molecule has 31 heavy (non-hydrogen) atoms. The Morgan fingerprint density at radius 2 is 1.71 bits per heavy atom. The summed E-state index contributed by atoms with van der Waals surface area (Å²) in [5.74, 6) is -0.499. The van der Waals surface area contributed by atoms with Gasteiger partial charge in [-0.2, -0.15) is 0 Å². The summed E-state index contributed by atoms with van der Waals surface area (Å²) >= 11 is 0. The zero-order valence-corrected chi connectivity index (χ0v) is 17.9. The molecule has 3 aliphatic rings. The van der Waals surface area contributed by atoms with E-state index in [1.807, 2.05) is 43.3 Å². The topological polar surface area (TPSA) is 69.6 Å². The fraction of sp³-hybridized carbons (Fsp3) is 0.385. The van der Waals surface area contributed by atoms with Crippen LogP contribution in [0.15, 0.2) is 59.9 Å². The summed E-state index contributed by atoms with van der Waals surface area (Å²) in [7, 11) is 0. The number of nitrogens with one attached hydrogen (secondary N) is 1. The third-order valence-electron chi connectivity index (χ3n) is 7.26. The van der Waals surface area contributed by atoms with E-state index in [0.29, 0.717) is 24.6 Å². The van der Waals surface area contributed by atoms with E-state index in [0.717, 1.165) is 11.1 Å². The molecule has 2 aromatic carbocycles. The lowest BCUT2D eigenvalue weighted by atomic mass is 9.84. The lowest BCUT2D eigenvalue weighted by molar-refractivity contribution is -0.132. The molecule has 5 heteroatoms. The first-order chi connectivity index (χ1) is 15.0. The zero-order valence-electron chi connectivity index (χ0n) is 17.9. The second kappa shape index (κ2) is 7.56. The fourth-order valence-electron chi connectivity index (χ4n) is 5.38. The van der Waals surface area contributed by atoms with Gasteiger partial charge in [0.25, 0.3) is 11.8 Å². The molecule has 2 heterocycles. The molecular formula is C26H28N2O3. The minimum atomic E-state index is -0.886. The van der Waals surface area contributed by atoms with E-state index < -0.39 is 17.4 Å². The van der Waals surface area contributed by atoms with Crippen LogP contribution in [0.4, 0.5) is 5.69 Å². The standard InChI is InChI=1S/C26H28N2O3/c1-26-15-19-9-5-6-10-20(19)16-28(26)25(31)22(23(26)29)24(30)27-21-13-11-18(12-14-21)17-7-3-2-4-8-17/h5-6,9-14,17,29H,2-4,7-8,15-16H2,1H3,(H,27,30). The van der Waals surface area contributed by atoms with Crippen LogP contribution in [0.3, 0.4) is 0 Å². The van der Waals surface area contributed by atoms with Gasteiger partial charge >= 0.3 is 0 Å². The van der Waals surface area contributed by atoms with Crippen molar-refractivity contribution in [3.8, 4) is 0 Å². The van der Waals surface area contributed by atoms with Crippen molar-refractivity contribution >= 4 is 17.5 Å². The number of amides is 2. The second-order valence-corrected chi connectivity index (χ2v) is 9.25. The lowest BCUT2D eigenvalue weighted by Crippen LogP contribution is -2.50. The van der Waals surface area contributed by atoms with Crippen molar-refractivity contribution in [3.05, 3.63) is 76.6 Å². The first kappa shape index (κ1) is 19.9. The molecular weight excluding hydrogens is 388 g/mol. The van der Waals surface area contributed by atoms with Crippen molar-refractivity contribution in [2.45, 2.75) is 63.5 Å². The normalized spacial score (nSPS) is 23.5. The van der Waals surface area contributed by atoms with Crippen molar-refractivity contribution < 1.29 is 14.7 Å². The molecule has 1 atom stereocenters. The van der Waals surface area contributed by atoms with E-state index in [1.54, 1.807) is 4.90 Å². The van der Waals surface area contributed by atoms with Gasteiger partial charge in [-0.15, -0.1) is 0 Å². The molecule has 0 spiro atoms. The monoisotopic (exact) mass is 416 g/mol. The van der Waals surface area contributed by atoms with Crippen molar-refractivity contribution in [2.24, 2.45) is 0 Å². The SMILES string of the molecule is CC12Cc3ccccc3CN1C(=O)C(C(=O)Nc1ccc(C3CCCCC3)cc1)=C2O. The summed E-state index contributed by atoms with van der Waals surface area (Å²) < 4.78 is 0. The quantitative estimate of drug-likeness (QED) is 0.704. The molecule has 2 aliphatic heterocycles. The van der Waals surface area contributed by atoms with Crippen molar-refractivity contribution in [3.63, 3.8) is 0 Å². The van der Waals surface area contributed by atoms with Gasteiger partial charge in [-0.25, -0.2) is 0 Å². The summed E-state index contributed by atoms with van der Waals surface area (Å²) in [4.78, 5) is 27.7. The van der Waals surface area contributed by atoms with Crippen molar-refractivity contribution in [2.75, 3.05) is 5.32 Å². The highest BCUT2D eigenvalue weighted by atomic mass is 16.3. The van der Waals surface area contributed by atoms with Crippen LogP contribution in [0.5, 0.6) is 0 Å². The highest BCUT2D eigenvalue weighted by Gasteiger charge is 2.52. The maximum Gasteiger partial charge on any atom is 0.264 e. The number of carbonyl (C=O) groups is 2. The van der Waals surface area contributed by atoms with E-state index in [-0.39, 0.29) is 11.3 Å². The Bertz CT molecular complexity index is 1070. The van der Waals surface area contributed by atoms with E-state index in [1.165, 1.54) is 37.7 Å². The van der Waals surface area contributed by atoms with Gasteiger partial charge in [0, 0.05) is 18.7 Å². The molecule has 0 radical (unpaired) electrons. The lowest BCUT2D eigenvalue weighted by Gasteiger charge is -2.40. The Kier molecular flexibility index (Phi) is 4.84. The Morgan fingerprint density at radius 1 is 1.03 bits per heavy atom. The summed E-state index contributed by atoms with van der Waals surface area (Å²) in [6.07, 6.45) is 6.80. The first-order valence-corrected chi connectivity index (χ1v) is 11.2. The molecule has 0 saturated heterocycles. The number of hydrogen-bond donors (Lipinski definition) is 2. The van der Waals surface area contributed by atoms with Gasteiger partial charge in [-0.05, 0) is 54.5 Å². The third-order valence-corrected chi connectivity index (χ3v) is 7.26. The Balaban J connectivity index is 1.35. The minimum Gasteiger partial charge on any atom is -0.509 e. The molecule has 0 bridgehead atoms. The van der Waals surface area contributed by atoms with Crippen LogP contribution in [-0.2, 0) is 22.6 Å².